The summed E-state index contributed by atoms with van der Waals surface area (Å²) in [5.41, 5.74) is -0.316. The molecule has 7 heteroatoms. The molecule has 88 valence electrons. The summed E-state index contributed by atoms with van der Waals surface area (Å²) in [5.74, 6) is -0.376. The maximum Gasteiger partial charge on any atom is 0.271 e. The van der Waals surface area contributed by atoms with Gasteiger partial charge < -0.3 is 10.3 Å². The summed E-state index contributed by atoms with van der Waals surface area (Å²) in [4.78, 5) is 17.4. The Morgan fingerprint density at radius 1 is 1.47 bits per heavy atom. The zero-order valence-electron chi connectivity index (χ0n) is 8.30. The molecule has 1 aromatic carbocycles. The second kappa shape index (κ2) is 4.85. The minimum Gasteiger partial charge on any atom is -0.335 e. The Morgan fingerprint density at radius 3 is 2.94 bits per heavy atom. The second-order valence-corrected chi connectivity index (χ2v) is 4.35. The Kier molecular flexibility index (Phi) is 3.44. The van der Waals surface area contributed by atoms with Gasteiger partial charge in [0.25, 0.3) is 5.56 Å². The van der Waals surface area contributed by atoms with Crippen LogP contribution in [-0.4, -0.2) is 9.97 Å². The third-order valence-corrected chi connectivity index (χ3v) is 3.01. The van der Waals surface area contributed by atoms with E-state index in [1.54, 1.807) is 12.1 Å². The van der Waals surface area contributed by atoms with Crippen LogP contribution >= 0.6 is 27.5 Å². The van der Waals surface area contributed by atoms with Gasteiger partial charge in [-0.25, -0.2) is 9.37 Å². The first kappa shape index (κ1) is 12.1. The summed E-state index contributed by atoms with van der Waals surface area (Å²) in [6.07, 6.45) is 1.19. The van der Waals surface area contributed by atoms with Gasteiger partial charge in [0.2, 0.25) is 0 Å². The van der Waals surface area contributed by atoms with E-state index in [0.717, 1.165) is 0 Å². The number of hydrogen-bond donors (Lipinski definition) is 2. The molecule has 17 heavy (non-hydrogen) atoms. The zero-order valence-corrected chi connectivity index (χ0v) is 10.6. The van der Waals surface area contributed by atoms with Crippen LogP contribution in [-0.2, 0) is 0 Å². The fourth-order valence-corrected chi connectivity index (χ4v) is 1.80. The molecule has 4 nitrogen and oxygen atoms in total. The van der Waals surface area contributed by atoms with Crippen molar-refractivity contribution in [3.63, 3.8) is 0 Å². The minimum atomic E-state index is -0.489. The summed E-state index contributed by atoms with van der Waals surface area (Å²) in [6.45, 7) is 0. The quantitative estimate of drug-likeness (QED) is 0.894. The largest absolute Gasteiger partial charge is 0.335 e. The first-order chi connectivity index (χ1) is 8.09. The van der Waals surface area contributed by atoms with Gasteiger partial charge in [0.05, 0.1) is 12.0 Å². The molecule has 0 saturated heterocycles. The van der Waals surface area contributed by atoms with Gasteiger partial charge in [-0.2, -0.15) is 0 Å². The topological polar surface area (TPSA) is 57.8 Å². The number of halogens is 3. The number of aromatic nitrogens is 2. The van der Waals surface area contributed by atoms with Crippen molar-refractivity contribution in [2.75, 3.05) is 5.32 Å². The number of para-hydroxylation sites is 1. The van der Waals surface area contributed by atoms with Crippen molar-refractivity contribution in [3.05, 3.63) is 50.2 Å². The Labute approximate surface area is 109 Å². The van der Waals surface area contributed by atoms with E-state index in [1.165, 1.54) is 12.4 Å². The number of hydrogen-bond acceptors (Lipinski definition) is 3. The highest BCUT2D eigenvalue weighted by atomic mass is 79.9. The van der Waals surface area contributed by atoms with Crippen molar-refractivity contribution >= 4 is 39.0 Å². The lowest BCUT2D eigenvalue weighted by Crippen LogP contribution is -2.10. The first-order valence-electron chi connectivity index (χ1n) is 4.54. The Balaban J connectivity index is 2.45. The molecule has 1 heterocycles. The van der Waals surface area contributed by atoms with Crippen LogP contribution in [0.25, 0.3) is 0 Å². The SMILES string of the molecule is O=c1[nH]cnc(Nc2c(F)cccc2Br)c1Cl. The van der Waals surface area contributed by atoms with Gasteiger partial charge in [0.1, 0.15) is 10.8 Å². The van der Waals surface area contributed by atoms with E-state index < -0.39 is 11.4 Å². The van der Waals surface area contributed by atoms with Gasteiger partial charge in [-0.3, -0.25) is 4.79 Å². The number of aromatic amines is 1. The molecule has 0 fully saturated rings. The molecule has 2 aromatic rings. The van der Waals surface area contributed by atoms with Crippen molar-refractivity contribution in [1.29, 1.82) is 0 Å². The molecule has 0 atom stereocenters. The third-order valence-electron chi connectivity index (χ3n) is 2.00. The standard InChI is InChI=1S/C10H6BrClFN3O/c11-5-2-1-3-6(13)8(5)16-9-7(12)10(17)15-4-14-9/h1-4H,(H2,14,15,16,17). The molecule has 0 aliphatic rings. The normalized spacial score (nSPS) is 10.3. The van der Waals surface area contributed by atoms with Gasteiger partial charge in [0.15, 0.2) is 5.82 Å². The van der Waals surface area contributed by atoms with E-state index in [0.29, 0.717) is 4.47 Å². The van der Waals surface area contributed by atoms with Crippen LogP contribution in [0.2, 0.25) is 5.02 Å². The van der Waals surface area contributed by atoms with Gasteiger partial charge >= 0.3 is 0 Å². The molecular weight excluding hydrogens is 312 g/mol. The van der Waals surface area contributed by atoms with Crippen LogP contribution in [0, 0.1) is 5.82 Å². The van der Waals surface area contributed by atoms with Crippen LogP contribution in [0.4, 0.5) is 15.9 Å². The molecule has 0 spiro atoms. The van der Waals surface area contributed by atoms with Gasteiger partial charge in [0, 0.05) is 4.47 Å². The van der Waals surface area contributed by atoms with Crippen LogP contribution in [0.5, 0.6) is 0 Å². The highest BCUT2D eigenvalue weighted by Gasteiger charge is 2.11. The molecule has 0 radical (unpaired) electrons. The minimum absolute atomic E-state index is 0.0983. The molecule has 0 unspecified atom stereocenters. The molecule has 2 rings (SSSR count). The van der Waals surface area contributed by atoms with Gasteiger partial charge in [-0.15, -0.1) is 0 Å². The smallest absolute Gasteiger partial charge is 0.271 e. The lowest BCUT2D eigenvalue weighted by atomic mass is 10.3. The van der Waals surface area contributed by atoms with Crippen molar-refractivity contribution in [3.8, 4) is 0 Å². The fraction of sp³-hybridized carbons (Fsp3) is 0. The van der Waals surface area contributed by atoms with E-state index >= 15 is 0 Å². The monoisotopic (exact) mass is 317 g/mol. The van der Waals surface area contributed by atoms with Crippen LogP contribution in [0.15, 0.2) is 33.8 Å². The molecule has 0 aliphatic heterocycles. The predicted molar refractivity (Wildman–Crippen MR) is 67.3 cm³/mol. The fourth-order valence-electron chi connectivity index (χ4n) is 1.21. The molecular formula is C10H6BrClFN3O. The summed E-state index contributed by atoms with van der Waals surface area (Å²) in [7, 11) is 0. The predicted octanol–water partition coefficient (Wildman–Crippen LogP) is 3.07. The van der Waals surface area contributed by atoms with Gasteiger partial charge in [-0.1, -0.05) is 17.7 Å². The van der Waals surface area contributed by atoms with Crippen molar-refractivity contribution in [2.45, 2.75) is 0 Å². The number of H-pyrrole nitrogens is 1. The Bertz CT molecular complexity index is 596. The first-order valence-corrected chi connectivity index (χ1v) is 5.71. The highest BCUT2D eigenvalue weighted by molar-refractivity contribution is 9.10. The number of anilines is 2. The average molecular weight is 319 g/mol. The number of nitrogens with zero attached hydrogens (tertiary/aromatic N) is 1. The highest BCUT2D eigenvalue weighted by Crippen LogP contribution is 2.29. The Hall–Kier alpha value is -1.40. The van der Waals surface area contributed by atoms with Crippen molar-refractivity contribution < 1.29 is 4.39 Å². The van der Waals surface area contributed by atoms with E-state index in [-0.39, 0.29) is 16.5 Å². The maximum atomic E-state index is 13.5. The summed E-state index contributed by atoms with van der Waals surface area (Å²) in [5, 5.41) is 2.54. The lowest BCUT2D eigenvalue weighted by molar-refractivity contribution is 0.631. The average Bonchev–Trinajstić information content (AvgIpc) is 2.29. The van der Waals surface area contributed by atoms with E-state index in [9.17, 15) is 9.18 Å². The van der Waals surface area contributed by atoms with Crippen molar-refractivity contribution in [1.82, 2.24) is 9.97 Å². The molecule has 2 N–H and O–H groups in total. The summed E-state index contributed by atoms with van der Waals surface area (Å²) in [6, 6.07) is 4.50. The molecule has 0 amide bonds. The maximum absolute atomic E-state index is 13.5. The summed E-state index contributed by atoms with van der Waals surface area (Å²) < 4.78 is 14.0. The number of benzene rings is 1. The summed E-state index contributed by atoms with van der Waals surface area (Å²) >= 11 is 8.93. The van der Waals surface area contributed by atoms with E-state index in [1.807, 2.05) is 0 Å². The van der Waals surface area contributed by atoms with E-state index in [4.69, 9.17) is 11.6 Å². The van der Waals surface area contributed by atoms with Crippen LogP contribution in [0.1, 0.15) is 0 Å². The lowest BCUT2D eigenvalue weighted by Gasteiger charge is -2.09. The van der Waals surface area contributed by atoms with Gasteiger partial charge in [-0.05, 0) is 28.1 Å². The third kappa shape index (κ3) is 2.48. The second-order valence-electron chi connectivity index (χ2n) is 3.12. The molecule has 0 saturated carbocycles. The number of nitrogens with one attached hydrogen (secondary N) is 2. The molecule has 0 aliphatic carbocycles. The number of rotatable bonds is 2. The zero-order chi connectivity index (χ0) is 12.4. The molecule has 0 bridgehead atoms. The van der Waals surface area contributed by atoms with Crippen molar-refractivity contribution in [2.24, 2.45) is 0 Å². The molecule has 1 aromatic heterocycles. The Morgan fingerprint density at radius 2 is 2.24 bits per heavy atom. The van der Waals surface area contributed by atoms with E-state index in [2.05, 4.69) is 31.2 Å². The van der Waals surface area contributed by atoms with Crippen LogP contribution in [0.3, 0.4) is 0 Å². The van der Waals surface area contributed by atoms with Crippen LogP contribution < -0.4 is 10.9 Å².